The van der Waals surface area contributed by atoms with Gasteiger partial charge >= 0.3 is 0 Å². The Kier molecular flexibility index (Phi) is 4.04. The molecule has 0 bridgehead atoms. The quantitative estimate of drug-likeness (QED) is 0.853. The van der Waals surface area contributed by atoms with Crippen molar-refractivity contribution in [2.24, 2.45) is 0 Å². The maximum absolute atomic E-state index is 12.3. The average Bonchev–Trinajstić information content (AvgIpc) is 2.40. The van der Waals surface area contributed by atoms with Gasteiger partial charge in [-0.2, -0.15) is 0 Å². The number of anilines is 1. The second kappa shape index (κ2) is 5.73. The first-order valence-electron chi connectivity index (χ1n) is 6.52. The van der Waals surface area contributed by atoms with Crippen LogP contribution in [0.25, 0.3) is 0 Å². The molecule has 1 aromatic rings. The standard InChI is InChI=1S/C14H19N3O2/c1-3-15-12-5-4-11(8-10(12)2)14(19)17-7-6-16-13(18)9-17/h4-5,8,15H,3,6-7,9H2,1-2H3,(H,16,18). The Bertz CT molecular complexity index is 499. The Morgan fingerprint density at radius 1 is 1.47 bits per heavy atom. The Labute approximate surface area is 113 Å². The van der Waals surface area contributed by atoms with Crippen molar-refractivity contribution in [1.29, 1.82) is 0 Å². The van der Waals surface area contributed by atoms with Crippen LogP contribution in [0, 0.1) is 6.92 Å². The Hall–Kier alpha value is -2.04. The Morgan fingerprint density at radius 3 is 2.89 bits per heavy atom. The van der Waals surface area contributed by atoms with Gasteiger partial charge in [0, 0.05) is 30.9 Å². The van der Waals surface area contributed by atoms with Gasteiger partial charge in [0.1, 0.15) is 0 Å². The molecule has 1 aliphatic rings. The van der Waals surface area contributed by atoms with E-state index < -0.39 is 0 Å². The lowest BCUT2D eigenvalue weighted by molar-refractivity contribution is -0.123. The molecule has 2 rings (SSSR count). The first-order chi connectivity index (χ1) is 9.11. The van der Waals surface area contributed by atoms with Crippen LogP contribution in [0.4, 0.5) is 5.69 Å². The van der Waals surface area contributed by atoms with Crippen molar-refractivity contribution in [2.75, 3.05) is 31.5 Å². The van der Waals surface area contributed by atoms with Gasteiger partial charge in [-0.15, -0.1) is 0 Å². The fourth-order valence-electron chi connectivity index (χ4n) is 2.18. The lowest BCUT2D eigenvalue weighted by Gasteiger charge is -2.26. The normalized spacial score (nSPS) is 15.1. The van der Waals surface area contributed by atoms with E-state index in [4.69, 9.17) is 0 Å². The van der Waals surface area contributed by atoms with Crippen molar-refractivity contribution in [1.82, 2.24) is 10.2 Å². The van der Waals surface area contributed by atoms with E-state index in [9.17, 15) is 9.59 Å². The molecule has 5 nitrogen and oxygen atoms in total. The molecule has 2 amide bonds. The number of aryl methyl sites for hydroxylation is 1. The molecule has 1 saturated heterocycles. The highest BCUT2D eigenvalue weighted by Gasteiger charge is 2.22. The van der Waals surface area contributed by atoms with Crippen LogP contribution < -0.4 is 10.6 Å². The minimum Gasteiger partial charge on any atom is -0.385 e. The maximum atomic E-state index is 12.3. The van der Waals surface area contributed by atoms with Crippen LogP contribution >= 0.6 is 0 Å². The second-order valence-electron chi connectivity index (χ2n) is 4.64. The minimum absolute atomic E-state index is 0.0824. The molecule has 1 fully saturated rings. The number of nitrogens with zero attached hydrogens (tertiary/aromatic N) is 1. The first-order valence-corrected chi connectivity index (χ1v) is 6.52. The van der Waals surface area contributed by atoms with E-state index in [0.717, 1.165) is 17.8 Å². The lowest BCUT2D eigenvalue weighted by atomic mass is 10.1. The van der Waals surface area contributed by atoms with E-state index in [1.807, 2.05) is 26.0 Å². The molecule has 1 aromatic carbocycles. The smallest absolute Gasteiger partial charge is 0.254 e. The molecule has 2 N–H and O–H groups in total. The van der Waals surface area contributed by atoms with Crippen molar-refractivity contribution in [3.8, 4) is 0 Å². The molecule has 0 unspecified atom stereocenters. The number of benzene rings is 1. The maximum Gasteiger partial charge on any atom is 0.254 e. The van der Waals surface area contributed by atoms with Crippen molar-refractivity contribution in [2.45, 2.75) is 13.8 Å². The topological polar surface area (TPSA) is 61.4 Å². The van der Waals surface area contributed by atoms with E-state index in [1.165, 1.54) is 0 Å². The summed E-state index contributed by atoms with van der Waals surface area (Å²) >= 11 is 0. The molecule has 0 saturated carbocycles. The molecule has 1 heterocycles. The number of hydrogen-bond donors (Lipinski definition) is 2. The molecule has 0 radical (unpaired) electrons. The van der Waals surface area contributed by atoms with Gasteiger partial charge in [0.2, 0.25) is 5.91 Å². The van der Waals surface area contributed by atoms with Crippen molar-refractivity contribution < 1.29 is 9.59 Å². The second-order valence-corrected chi connectivity index (χ2v) is 4.64. The highest BCUT2D eigenvalue weighted by molar-refractivity contribution is 5.97. The summed E-state index contributed by atoms with van der Waals surface area (Å²) in [7, 11) is 0. The molecule has 19 heavy (non-hydrogen) atoms. The minimum atomic E-state index is -0.0967. The molecule has 0 aliphatic carbocycles. The van der Waals surface area contributed by atoms with Crippen LogP contribution in [-0.2, 0) is 4.79 Å². The third-order valence-corrected chi connectivity index (χ3v) is 3.17. The number of nitrogens with one attached hydrogen (secondary N) is 2. The third-order valence-electron chi connectivity index (χ3n) is 3.17. The van der Waals surface area contributed by atoms with E-state index in [1.54, 1.807) is 11.0 Å². The van der Waals surface area contributed by atoms with Gasteiger partial charge < -0.3 is 15.5 Å². The summed E-state index contributed by atoms with van der Waals surface area (Å²) in [6, 6.07) is 5.59. The monoisotopic (exact) mass is 261 g/mol. The SMILES string of the molecule is CCNc1ccc(C(=O)N2CCNC(=O)C2)cc1C. The fourth-order valence-corrected chi connectivity index (χ4v) is 2.18. The number of carbonyl (C=O) groups excluding carboxylic acids is 2. The van der Waals surface area contributed by atoms with Gasteiger partial charge in [0.15, 0.2) is 0 Å². The highest BCUT2D eigenvalue weighted by Crippen LogP contribution is 2.17. The Balaban J connectivity index is 2.15. The van der Waals surface area contributed by atoms with E-state index in [-0.39, 0.29) is 18.4 Å². The zero-order chi connectivity index (χ0) is 13.8. The summed E-state index contributed by atoms with van der Waals surface area (Å²) < 4.78 is 0. The predicted molar refractivity (Wildman–Crippen MR) is 74.3 cm³/mol. The summed E-state index contributed by atoms with van der Waals surface area (Å²) in [6.45, 7) is 6.09. The highest BCUT2D eigenvalue weighted by atomic mass is 16.2. The zero-order valence-electron chi connectivity index (χ0n) is 11.3. The number of amides is 2. The molecule has 0 spiro atoms. The molecule has 1 aliphatic heterocycles. The average molecular weight is 261 g/mol. The molecule has 0 atom stereocenters. The van der Waals surface area contributed by atoms with Crippen molar-refractivity contribution in [3.63, 3.8) is 0 Å². The Morgan fingerprint density at radius 2 is 2.26 bits per heavy atom. The van der Waals surface area contributed by atoms with Crippen LogP contribution in [0.3, 0.4) is 0 Å². The van der Waals surface area contributed by atoms with Gasteiger partial charge in [0.25, 0.3) is 5.91 Å². The van der Waals surface area contributed by atoms with Crippen molar-refractivity contribution >= 4 is 17.5 Å². The van der Waals surface area contributed by atoms with Crippen LogP contribution in [0.2, 0.25) is 0 Å². The van der Waals surface area contributed by atoms with Gasteiger partial charge in [-0.05, 0) is 37.6 Å². The molecule has 0 aromatic heterocycles. The summed E-state index contributed by atoms with van der Waals surface area (Å²) in [5.41, 5.74) is 2.71. The third kappa shape index (κ3) is 3.05. The zero-order valence-corrected chi connectivity index (χ0v) is 11.3. The van der Waals surface area contributed by atoms with E-state index in [0.29, 0.717) is 18.7 Å². The van der Waals surface area contributed by atoms with E-state index in [2.05, 4.69) is 10.6 Å². The van der Waals surface area contributed by atoms with Crippen LogP contribution in [0.5, 0.6) is 0 Å². The fraction of sp³-hybridized carbons (Fsp3) is 0.429. The summed E-state index contributed by atoms with van der Waals surface area (Å²) in [4.78, 5) is 25.2. The van der Waals surface area contributed by atoms with Gasteiger partial charge in [-0.25, -0.2) is 0 Å². The molecule has 102 valence electrons. The van der Waals surface area contributed by atoms with Gasteiger partial charge in [-0.3, -0.25) is 9.59 Å². The van der Waals surface area contributed by atoms with Crippen molar-refractivity contribution in [3.05, 3.63) is 29.3 Å². The molecular weight excluding hydrogens is 242 g/mol. The van der Waals surface area contributed by atoms with E-state index >= 15 is 0 Å². The van der Waals surface area contributed by atoms with Crippen LogP contribution in [0.1, 0.15) is 22.8 Å². The first kappa shape index (κ1) is 13.4. The van der Waals surface area contributed by atoms with Gasteiger partial charge in [-0.1, -0.05) is 0 Å². The van der Waals surface area contributed by atoms with Crippen LogP contribution in [0.15, 0.2) is 18.2 Å². The summed E-state index contributed by atoms with van der Waals surface area (Å²) in [5, 5.41) is 5.95. The molecule has 5 heteroatoms. The number of hydrogen-bond acceptors (Lipinski definition) is 3. The summed E-state index contributed by atoms with van der Waals surface area (Å²) in [6.07, 6.45) is 0. The van der Waals surface area contributed by atoms with Gasteiger partial charge in [0.05, 0.1) is 6.54 Å². The number of piperazine rings is 1. The number of carbonyl (C=O) groups is 2. The lowest BCUT2D eigenvalue weighted by Crippen LogP contribution is -2.49. The predicted octanol–water partition coefficient (Wildman–Crippen LogP) is 0.999. The summed E-state index contributed by atoms with van der Waals surface area (Å²) in [5.74, 6) is -0.179. The largest absolute Gasteiger partial charge is 0.385 e. The molecular formula is C14H19N3O2. The van der Waals surface area contributed by atoms with Crippen LogP contribution in [-0.4, -0.2) is 42.9 Å². The number of rotatable bonds is 3.